The number of alkyl halides is 6. The molecule has 8 aromatic carbocycles. The molecule has 0 radical (unpaired) electrons. The number of nitro groups is 2. The Morgan fingerprint density at radius 2 is 0.698 bits per heavy atom. The van der Waals surface area contributed by atoms with Gasteiger partial charge in [-0.3, -0.25) is 53.8 Å². The Hall–Kier alpha value is -13.0. The van der Waals surface area contributed by atoms with E-state index in [1.165, 1.54) is 71.4 Å². The van der Waals surface area contributed by atoms with Crippen LogP contribution in [0.15, 0.2) is 252 Å². The fraction of sp³-hybridized carbons (Fsp3) is 0.306. The summed E-state index contributed by atoms with van der Waals surface area (Å²) in [6.07, 6.45) is 8.03. The second-order valence-corrected chi connectivity index (χ2v) is 31.4. The van der Waals surface area contributed by atoms with E-state index in [0.717, 1.165) is 97.6 Å². The molecule has 6 heterocycles. The van der Waals surface area contributed by atoms with Gasteiger partial charge in [-0.2, -0.15) is 26.3 Å². The maximum absolute atomic E-state index is 13.1. The van der Waals surface area contributed by atoms with Gasteiger partial charge < -0.3 is 43.2 Å². The van der Waals surface area contributed by atoms with Crippen molar-refractivity contribution in [2.75, 3.05) is 18.9 Å². The van der Waals surface area contributed by atoms with Crippen LogP contribution in [0.1, 0.15) is 198 Å². The number of benzene rings is 8. The lowest BCUT2D eigenvalue weighted by atomic mass is 9.97. The van der Waals surface area contributed by atoms with Crippen LogP contribution in [0.2, 0.25) is 10.0 Å². The number of halogens is 8. The van der Waals surface area contributed by atoms with E-state index in [2.05, 4.69) is 38.2 Å². The molecule has 0 fully saturated rings. The van der Waals surface area contributed by atoms with Crippen LogP contribution in [0, 0.1) is 27.2 Å². The first-order valence-corrected chi connectivity index (χ1v) is 43.0. The first-order valence-electron chi connectivity index (χ1n) is 42.2. The van der Waals surface area contributed by atoms with Crippen molar-refractivity contribution in [3.63, 3.8) is 0 Å². The SMILES string of the molecule is CCC(CC)n1ccc2c(C(=O)CCc3ccc(Cl)c(C(F)(F)F)c3)cccc2c1=O.CCC(CC)n1ccc2c(C)cccc2c1=O.CCC(CC)n1ccc2c(N)cccc2c1=O.CCC(CC)n1ccc2c([N+](=O)[O-])cccc2c1=O.O=C(CCc1ccc(Cl)c(C(F)(F)F)c1)c1cccc2c(=O)n(C(CO)CO)ccc12.O=c1occc2c([N+](=O)[O-])cccc12. The van der Waals surface area contributed by atoms with Gasteiger partial charge in [0.2, 0.25) is 0 Å². The summed E-state index contributed by atoms with van der Waals surface area (Å²) in [6.45, 7) is 17.7. The molecule has 0 amide bonds. The molecule has 0 saturated heterocycles. The zero-order chi connectivity index (χ0) is 94.5. The number of hydrogen-bond acceptors (Lipinski definition) is 16. The van der Waals surface area contributed by atoms with Gasteiger partial charge in [-0.25, -0.2) is 4.79 Å². The highest BCUT2D eigenvalue weighted by molar-refractivity contribution is 6.31. The van der Waals surface area contributed by atoms with E-state index in [9.17, 15) is 95.1 Å². The van der Waals surface area contributed by atoms with Crippen molar-refractivity contribution < 1.29 is 60.4 Å². The molecule has 129 heavy (non-hydrogen) atoms. The summed E-state index contributed by atoms with van der Waals surface area (Å²) in [7, 11) is 0. The number of rotatable bonds is 25. The van der Waals surface area contributed by atoms with Gasteiger partial charge in [0.1, 0.15) is 0 Å². The van der Waals surface area contributed by atoms with E-state index in [0.29, 0.717) is 66.1 Å². The Labute approximate surface area is 747 Å². The molecule has 14 aromatic rings. The molecule has 0 atom stereocenters. The maximum atomic E-state index is 13.1. The highest BCUT2D eigenvalue weighted by Crippen LogP contribution is 2.38. The lowest BCUT2D eigenvalue weighted by Crippen LogP contribution is -2.29. The molecule has 31 heteroatoms. The van der Waals surface area contributed by atoms with Crippen LogP contribution in [0.25, 0.3) is 64.6 Å². The predicted molar refractivity (Wildman–Crippen MR) is 496 cm³/mol. The van der Waals surface area contributed by atoms with E-state index < -0.39 is 68.8 Å². The Bertz CT molecular complexity index is 6490. The summed E-state index contributed by atoms with van der Waals surface area (Å²) in [5.74, 6) is -0.555. The van der Waals surface area contributed by atoms with Crippen molar-refractivity contribution in [2.24, 2.45) is 0 Å². The predicted octanol–water partition coefficient (Wildman–Crippen LogP) is 22.5. The molecule has 0 aliphatic rings. The average molecular weight is 1810 g/mol. The minimum absolute atomic E-state index is 0.0215. The van der Waals surface area contributed by atoms with E-state index >= 15 is 0 Å². The molecule has 0 unspecified atom stereocenters. The van der Waals surface area contributed by atoms with Gasteiger partial charge in [0.15, 0.2) is 11.6 Å². The molecule has 678 valence electrons. The van der Waals surface area contributed by atoms with Gasteiger partial charge in [-0.15, -0.1) is 0 Å². The number of hydrogen-bond donors (Lipinski definition) is 3. The molecule has 0 aliphatic carbocycles. The number of aryl methyl sites for hydroxylation is 3. The van der Waals surface area contributed by atoms with E-state index in [1.807, 2.05) is 98.6 Å². The number of nitrogens with zero attached hydrogens (tertiary/aromatic N) is 7. The first kappa shape index (κ1) is 99.8. The van der Waals surface area contributed by atoms with Crippen molar-refractivity contribution in [2.45, 2.75) is 182 Å². The molecule has 6 aromatic heterocycles. The third kappa shape index (κ3) is 23.5. The van der Waals surface area contributed by atoms with Crippen molar-refractivity contribution in [1.82, 2.24) is 22.8 Å². The zero-order valence-electron chi connectivity index (χ0n) is 72.5. The summed E-state index contributed by atoms with van der Waals surface area (Å²) >= 11 is 11.3. The second kappa shape index (κ2) is 45.1. The Balaban J connectivity index is 0.000000179. The summed E-state index contributed by atoms with van der Waals surface area (Å²) in [5.41, 5.74) is 5.96. The largest absolute Gasteiger partial charge is 0.431 e. The number of pyridine rings is 5. The number of fused-ring (bicyclic) bond motifs is 6. The summed E-state index contributed by atoms with van der Waals surface area (Å²) < 4.78 is 91.1. The third-order valence-electron chi connectivity index (χ3n) is 22.9. The van der Waals surface area contributed by atoms with E-state index in [1.54, 1.807) is 76.1 Å². The van der Waals surface area contributed by atoms with Crippen molar-refractivity contribution >= 4 is 116 Å². The molecule has 0 aliphatic heterocycles. The number of carbonyl (C=O) groups is 2. The number of nitrogens with two attached hydrogens (primary N) is 1. The van der Waals surface area contributed by atoms with Gasteiger partial charge in [0.25, 0.3) is 39.2 Å². The van der Waals surface area contributed by atoms with Crippen LogP contribution in [-0.4, -0.2) is 67.7 Å². The Morgan fingerprint density at radius 1 is 0.395 bits per heavy atom. The standard InChI is InChI=1S/C24H23ClF3NO2.C22H19ClF3NO4.C15H19NO.C14H16N2O3.C14H18N2O.C9H5NO4/c1-3-16(4-2)29-13-12-17-18(6-5-7-19(17)23(29)31)22(30)11-9-15-8-10-21(25)20(14-15)24(26,27)28;23-19-6-4-13(10-18(19)22(24,25)26)5-7-20(30)16-2-1-3-17-15(16)8-9-27(21(17)31)14(11-28)12-29;1-4-12(5-2)16-10-9-13-11(3)7-6-8-14(13)15(16)17;1-3-10(4-2)15-9-8-11-12(14(15)17)6-5-7-13(11)16(18)19;1-3-10(4-2)16-9-8-11-12(14(16)17)6-5-7-13(11)15;11-9-7-2-1-3-8(10(12)13)6(7)4-5-14-9/h5-8,10,12-14,16H,3-4,9,11H2,1-2H3;1-4,6,8-10,14,28-29H,5,7,11-12H2;6-10,12H,4-5H2,1-3H3;5-10H,3-4H2,1-2H3;5-10H,3-4,15H2,1-2H3;1-5H. The second-order valence-electron chi connectivity index (χ2n) is 30.6. The monoisotopic (exact) mass is 1810 g/mol. The minimum Gasteiger partial charge on any atom is -0.431 e. The summed E-state index contributed by atoms with van der Waals surface area (Å²) in [5, 5.41) is 45.9. The fourth-order valence-electron chi connectivity index (χ4n) is 15.6. The Kier molecular flexibility index (Phi) is 34.9. The highest BCUT2D eigenvalue weighted by atomic mass is 35.5. The molecule has 4 N–H and O–H groups in total. The maximum Gasteiger partial charge on any atom is 0.417 e. The van der Waals surface area contributed by atoms with Crippen molar-refractivity contribution in [3.8, 4) is 0 Å². The molecule has 0 spiro atoms. The summed E-state index contributed by atoms with van der Waals surface area (Å²) in [4.78, 5) is 120. The third-order valence-corrected chi connectivity index (χ3v) is 23.6. The number of aromatic nitrogens is 5. The van der Waals surface area contributed by atoms with Gasteiger partial charge >= 0.3 is 18.0 Å². The number of nitro benzene ring substituents is 2. The quantitative estimate of drug-likeness (QED) is 0.0157. The molecular formula is C98H100Cl2F6N8O15. The lowest BCUT2D eigenvalue weighted by Gasteiger charge is -2.17. The number of anilines is 1. The van der Waals surface area contributed by atoms with Crippen LogP contribution >= 0.6 is 23.2 Å². The molecule has 23 nitrogen and oxygen atoms in total. The number of nitrogen functional groups attached to an aromatic ring is 1. The smallest absolute Gasteiger partial charge is 0.417 e. The van der Waals surface area contributed by atoms with Crippen molar-refractivity contribution in [3.05, 3.63) is 351 Å². The van der Waals surface area contributed by atoms with Crippen LogP contribution < -0.4 is 39.2 Å². The summed E-state index contributed by atoms with van der Waals surface area (Å²) in [6, 6.07) is 47.5. The van der Waals surface area contributed by atoms with Gasteiger partial charge in [-0.05, 0) is 207 Å². The normalized spacial score (nSPS) is 11.5. The van der Waals surface area contributed by atoms with E-state index in [-0.39, 0.29) is 110 Å². The van der Waals surface area contributed by atoms with Crippen molar-refractivity contribution in [1.29, 1.82) is 0 Å². The topological polar surface area (TPSA) is 327 Å². The highest BCUT2D eigenvalue weighted by Gasteiger charge is 2.35. The fourth-order valence-corrected chi connectivity index (χ4v) is 16.1. The average Bonchev–Trinajstić information content (AvgIpc) is 0.602. The Morgan fingerprint density at radius 3 is 1.06 bits per heavy atom. The molecular weight excluding hydrogens is 1710 g/mol. The minimum atomic E-state index is -4.59. The number of aliphatic hydroxyl groups is 2. The van der Waals surface area contributed by atoms with Gasteiger partial charge in [0.05, 0.1) is 78.1 Å². The lowest BCUT2D eigenvalue weighted by molar-refractivity contribution is -0.383. The molecule has 14 rings (SSSR count). The number of Topliss-reactive ketones (excluding diaryl/α,β-unsaturated/α-hetero) is 2. The van der Waals surface area contributed by atoms with Gasteiger partial charge in [0, 0.05) is 124 Å². The van der Waals surface area contributed by atoms with Crippen LogP contribution in [0.5, 0.6) is 0 Å². The molecule has 0 bridgehead atoms. The first-order chi connectivity index (χ1) is 61.5. The zero-order valence-corrected chi connectivity index (χ0v) is 74.0. The molecule has 0 saturated carbocycles. The van der Waals surface area contributed by atoms with Crippen LogP contribution in [0.3, 0.4) is 0 Å². The van der Waals surface area contributed by atoms with E-state index in [4.69, 9.17) is 28.9 Å². The number of ketones is 2. The van der Waals surface area contributed by atoms with Crippen LogP contribution in [0.4, 0.5) is 43.4 Å². The van der Waals surface area contributed by atoms with Gasteiger partial charge in [-0.1, -0.05) is 145 Å². The number of non-ortho nitro benzene ring substituents is 2. The number of carbonyl (C=O) groups excluding carboxylic acids is 2. The van der Waals surface area contributed by atoms with Crippen LogP contribution in [-0.2, 0) is 25.2 Å². The number of aliphatic hydroxyl groups excluding tert-OH is 2.